The molecule has 0 radical (unpaired) electrons. The SMILES string of the molecule is COC(=O)[C@@H]1C[C@@H](Oc2ccc(C(C)(C)C)cc2C(C)(C)C)CN1.Cl. The second-order valence-corrected chi connectivity index (χ2v) is 8.67. The minimum atomic E-state index is -0.271. The smallest absolute Gasteiger partial charge is 0.323 e. The van der Waals surface area contributed by atoms with Gasteiger partial charge in [-0.3, -0.25) is 4.79 Å². The molecule has 1 fully saturated rings. The number of hydrogen-bond donors (Lipinski definition) is 1. The quantitative estimate of drug-likeness (QED) is 0.818. The van der Waals surface area contributed by atoms with Crippen LogP contribution in [0.3, 0.4) is 0 Å². The van der Waals surface area contributed by atoms with Gasteiger partial charge < -0.3 is 14.8 Å². The Balaban J connectivity index is 0.00000312. The molecule has 142 valence electrons. The molecule has 1 aromatic rings. The fraction of sp³-hybridized carbons (Fsp3) is 0.650. The van der Waals surface area contributed by atoms with Gasteiger partial charge in [0.2, 0.25) is 0 Å². The van der Waals surface area contributed by atoms with Gasteiger partial charge in [-0.1, -0.05) is 53.7 Å². The van der Waals surface area contributed by atoms with Crippen molar-refractivity contribution in [2.45, 2.75) is 70.9 Å². The lowest BCUT2D eigenvalue weighted by molar-refractivity contribution is -0.142. The third-order valence-electron chi connectivity index (χ3n) is 4.52. The van der Waals surface area contributed by atoms with Gasteiger partial charge in [-0.15, -0.1) is 12.4 Å². The Labute approximate surface area is 158 Å². The maximum atomic E-state index is 11.7. The lowest BCUT2D eigenvalue weighted by Gasteiger charge is -2.28. The molecular formula is C20H32ClNO3. The molecule has 1 aliphatic heterocycles. The van der Waals surface area contributed by atoms with Crippen molar-refractivity contribution in [1.82, 2.24) is 5.32 Å². The van der Waals surface area contributed by atoms with E-state index in [0.29, 0.717) is 13.0 Å². The highest BCUT2D eigenvalue weighted by atomic mass is 35.5. The Morgan fingerprint density at radius 3 is 2.28 bits per heavy atom. The van der Waals surface area contributed by atoms with E-state index in [-0.39, 0.29) is 41.4 Å². The van der Waals surface area contributed by atoms with Crippen molar-refractivity contribution < 1.29 is 14.3 Å². The molecule has 0 spiro atoms. The summed E-state index contributed by atoms with van der Waals surface area (Å²) >= 11 is 0. The van der Waals surface area contributed by atoms with Crippen molar-refractivity contribution in [2.75, 3.05) is 13.7 Å². The molecule has 2 rings (SSSR count). The van der Waals surface area contributed by atoms with Crippen molar-refractivity contribution >= 4 is 18.4 Å². The third-order valence-corrected chi connectivity index (χ3v) is 4.52. The molecular weight excluding hydrogens is 338 g/mol. The van der Waals surface area contributed by atoms with Crippen LogP contribution in [0, 0.1) is 0 Å². The fourth-order valence-corrected chi connectivity index (χ4v) is 2.98. The van der Waals surface area contributed by atoms with Crippen LogP contribution in [0.5, 0.6) is 5.75 Å². The lowest BCUT2D eigenvalue weighted by Crippen LogP contribution is -2.31. The van der Waals surface area contributed by atoms with Crippen LogP contribution in [0.4, 0.5) is 0 Å². The molecule has 5 heteroatoms. The van der Waals surface area contributed by atoms with Crippen molar-refractivity contribution in [3.05, 3.63) is 29.3 Å². The van der Waals surface area contributed by atoms with E-state index in [1.54, 1.807) is 0 Å². The van der Waals surface area contributed by atoms with E-state index >= 15 is 0 Å². The van der Waals surface area contributed by atoms with Crippen LogP contribution in [0.1, 0.15) is 59.1 Å². The van der Waals surface area contributed by atoms with Crippen molar-refractivity contribution in [3.8, 4) is 5.75 Å². The maximum absolute atomic E-state index is 11.7. The summed E-state index contributed by atoms with van der Waals surface area (Å²) in [6, 6.07) is 6.21. The van der Waals surface area contributed by atoms with Gasteiger partial charge in [0.1, 0.15) is 17.9 Å². The average molecular weight is 370 g/mol. The van der Waals surface area contributed by atoms with E-state index in [4.69, 9.17) is 9.47 Å². The molecule has 0 unspecified atom stereocenters. The number of rotatable bonds is 3. The molecule has 1 N–H and O–H groups in total. The highest BCUT2D eigenvalue weighted by Crippen LogP contribution is 2.36. The van der Waals surface area contributed by atoms with Crippen LogP contribution in [0.25, 0.3) is 0 Å². The van der Waals surface area contributed by atoms with E-state index in [9.17, 15) is 4.79 Å². The van der Waals surface area contributed by atoms with Crippen LogP contribution < -0.4 is 10.1 Å². The number of ether oxygens (including phenoxy) is 2. The van der Waals surface area contributed by atoms with E-state index in [0.717, 1.165) is 5.75 Å². The summed E-state index contributed by atoms with van der Waals surface area (Å²) in [6.07, 6.45) is 0.618. The van der Waals surface area contributed by atoms with Gasteiger partial charge in [0.25, 0.3) is 0 Å². The number of nitrogens with one attached hydrogen (secondary N) is 1. The zero-order valence-electron chi connectivity index (χ0n) is 16.4. The Morgan fingerprint density at radius 1 is 1.12 bits per heavy atom. The molecule has 25 heavy (non-hydrogen) atoms. The number of benzene rings is 1. The van der Waals surface area contributed by atoms with Gasteiger partial charge in [-0.2, -0.15) is 0 Å². The van der Waals surface area contributed by atoms with Crippen molar-refractivity contribution in [3.63, 3.8) is 0 Å². The van der Waals surface area contributed by atoms with Gasteiger partial charge in [0, 0.05) is 13.0 Å². The molecule has 0 bridgehead atoms. The first-order chi connectivity index (χ1) is 11.0. The molecule has 0 aliphatic carbocycles. The van der Waals surface area contributed by atoms with Gasteiger partial charge in [-0.05, 0) is 28.0 Å². The first kappa shape index (κ1) is 21.8. The predicted octanol–water partition coefficient (Wildman–Crippen LogP) is 3.99. The molecule has 1 heterocycles. The first-order valence-corrected chi connectivity index (χ1v) is 8.65. The molecule has 0 aromatic heterocycles. The van der Waals surface area contributed by atoms with Crippen LogP contribution >= 0.6 is 12.4 Å². The zero-order chi connectivity index (χ0) is 18.1. The summed E-state index contributed by atoms with van der Waals surface area (Å²) < 4.78 is 11.1. The lowest BCUT2D eigenvalue weighted by atomic mass is 9.80. The molecule has 4 nitrogen and oxygen atoms in total. The molecule has 0 saturated carbocycles. The summed E-state index contributed by atoms with van der Waals surface area (Å²) in [7, 11) is 1.42. The van der Waals surface area contributed by atoms with E-state index in [2.05, 4.69) is 65.1 Å². The second kappa shape index (κ2) is 7.96. The standard InChI is InChI=1S/C20H31NO3.ClH/c1-19(2,3)13-8-9-17(15(10-13)20(4,5)6)24-14-11-16(21-12-14)18(22)23-7;/h8-10,14,16,21H,11-12H2,1-7H3;1H/t14-,16+;/m1./s1. The Hall–Kier alpha value is -1.26. The van der Waals surface area contributed by atoms with Gasteiger partial charge in [-0.25, -0.2) is 0 Å². The number of carbonyl (C=O) groups is 1. The topological polar surface area (TPSA) is 47.6 Å². The molecule has 1 aliphatic rings. The fourth-order valence-electron chi connectivity index (χ4n) is 2.98. The minimum Gasteiger partial charge on any atom is -0.489 e. The number of carbonyl (C=O) groups excluding carboxylic acids is 1. The number of esters is 1. The number of methoxy groups -OCH3 is 1. The minimum absolute atomic E-state index is 0. The molecule has 1 saturated heterocycles. The summed E-state index contributed by atoms with van der Waals surface area (Å²) in [5.74, 6) is 0.688. The van der Waals surface area contributed by atoms with Gasteiger partial charge in [0.15, 0.2) is 0 Å². The van der Waals surface area contributed by atoms with Crippen LogP contribution in [0.2, 0.25) is 0 Å². The van der Waals surface area contributed by atoms with E-state index < -0.39 is 0 Å². The van der Waals surface area contributed by atoms with Crippen molar-refractivity contribution in [2.24, 2.45) is 0 Å². The average Bonchev–Trinajstić information content (AvgIpc) is 2.93. The largest absolute Gasteiger partial charge is 0.489 e. The Kier molecular flexibility index (Phi) is 6.94. The predicted molar refractivity (Wildman–Crippen MR) is 104 cm³/mol. The van der Waals surface area contributed by atoms with Gasteiger partial charge >= 0.3 is 5.97 Å². The summed E-state index contributed by atoms with van der Waals surface area (Å²) in [6.45, 7) is 13.9. The van der Waals surface area contributed by atoms with Gasteiger partial charge in [0.05, 0.1) is 7.11 Å². The normalized spacial score (nSPS) is 20.8. The van der Waals surface area contributed by atoms with Crippen LogP contribution in [-0.2, 0) is 20.4 Å². The Morgan fingerprint density at radius 2 is 1.76 bits per heavy atom. The van der Waals surface area contributed by atoms with Crippen LogP contribution in [0.15, 0.2) is 18.2 Å². The molecule has 1 aromatic carbocycles. The number of halogens is 1. The highest BCUT2D eigenvalue weighted by molar-refractivity contribution is 5.85. The maximum Gasteiger partial charge on any atom is 0.323 e. The summed E-state index contributed by atoms with van der Waals surface area (Å²) in [5.41, 5.74) is 2.60. The van der Waals surface area contributed by atoms with Crippen LogP contribution in [-0.4, -0.2) is 31.8 Å². The second-order valence-electron chi connectivity index (χ2n) is 8.67. The third kappa shape index (κ3) is 5.35. The Bertz CT molecular complexity index is 602. The number of hydrogen-bond acceptors (Lipinski definition) is 4. The summed E-state index contributed by atoms with van der Waals surface area (Å²) in [4.78, 5) is 11.7. The molecule has 0 amide bonds. The summed E-state index contributed by atoms with van der Waals surface area (Å²) in [5, 5.41) is 3.17. The monoisotopic (exact) mass is 369 g/mol. The molecule has 2 atom stereocenters. The van der Waals surface area contributed by atoms with E-state index in [1.165, 1.54) is 18.2 Å². The highest BCUT2D eigenvalue weighted by Gasteiger charge is 2.32. The van der Waals surface area contributed by atoms with E-state index in [1.807, 2.05) is 0 Å². The zero-order valence-corrected chi connectivity index (χ0v) is 17.3. The first-order valence-electron chi connectivity index (χ1n) is 8.65. The van der Waals surface area contributed by atoms with Crippen molar-refractivity contribution in [1.29, 1.82) is 0 Å².